The van der Waals surface area contributed by atoms with E-state index in [2.05, 4.69) is 4.98 Å². The number of carbonyl (C=O) groups is 2. The molecule has 0 fully saturated rings. The standard InChI is InChI=1S/C19H14N2O3S2/c22-17(14-7-4-10-26-14)15-16(13-6-1-2-8-20-13)21(19(24)18(15)23)11-12-5-3-9-25-12/h1-10,16,23H,11H2. The maximum atomic E-state index is 13.0. The molecule has 4 rings (SSSR count). The highest BCUT2D eigenvalue weighted by molar-refractivity contribution is 7.12. The topological polar surface area (TPSA) is 70.5 Å². The van der Waals surface area contributed by atoms with E-state index in [0.29, 0.717) is 17.1 Å². The molecule has 1 aliphatic heterocycles. The molecule has 0 radical (unpaired) electrons. The highest BCUT2D eigenvalue weighted by atomic mass is 32.1. The van der Waals surface area contributed by atoms with Crippen LogP contribution in [0.2, 0.25) is 0 Å². The van der Waals surface area contributed by atoms with Gasteiger partial charge in [-0.2, -0.15) is 0 Å². The fourth-order valence-corrected chi connectivity index (χ4v) is 4.39. The lowest BCUT2D eigenvalue weighted by Crippen LogP contribution is -2.30. The van der Waals surface area contributed by atoms with Gasteiger partial charge in [0.05, 0.1) is 22.7 Å². The van der Waals surface area contributed by atoms with Gasteiger partial charge in [0, 0.05) is 11.1 Å². The van der Waals surface area contributed by atoms with Gasteiger partial charge >= 0.3 is 0 Å². The second-order valence-electron chi connectivity index (χ2n) is 5.74. The molecule has 1 atom stereocenters. The number of pyridine rings is 1. The van der Waals surface area contributed by atoms with Crippen molar-refractivity contribution in [1.29, 1.82) is 0 Å². The monoisotopic (exact) mass is 382 g/mol. The summed E-state index contributed by atoms with van der Waals surface area (Å²) >= 11 is 2.80. The smallest absolute Gasteiger partial charge is 0.290 e. The van der Waals surface area contributed by atoms with Crippen LogP contribution >= 0.6 is 22.7 Å². The Morgan fingerprint density at radius 3 is 2.58 bits per heavy atom. The number of nitrogens with zero attached hydrogens (tertiary/aromatic N) is 2. The van der Waals surface area contributed by atoms with Gasteiger partial charge < -0.3 is 10.0 Å². The quantitative estimate of drug-likeness (QED) is 0.678. The number of aromatic nitrogens is 1. The first kappa shape index (κ1) is 16.7. The molecule has 3 aromatic heterocycles. The van der Waals surface area contributed by atoms with Gasteiger partial charge in [-0.1, -0.05) is 18.2 Å². The van der Waals surface area contributed by atoms with Crippen molar-refractivity contribution in [3.05, 3.63) is 86.2 Å². The van der Waals surface area contributed by atoms with E-state index in [-0.39, 0.29) is 11.4 Å². The normalized spacial score (nSPS) is 17.2. The Bertz CT molecular complexity index is 964. The lowest BCUT2D eigenvalue weighted by Gasteiger charge is -2.25. The van der Waals surface area contributed by atoms with Gasteiger partial charge in [-0.05, 0) is 35.0 Å². The van der Waals surface area contributed by atoms with Crippen LogP contribution in [0.25, 0.3) is 0 Å². The van der Waals surface area contributed by atoms with Crippen LogP contribution in [-0.4, -0.2) is 26.7 Å². The zero-order valence-electron chi connectivity index (χ0n) is 13.5. The molecule has 0 bridgehead atoms. The third kappa shape index (κ3) is 2.85. The summed E-state index contributed by atoms with van der Waals surface area (Å²) < 4.78 is 0. The van der Waals surface area contributed by atoms with Gasteiger partial charge in [-0.25, -0.2) is 0 Å². The van der Waals surface area contributed by atoms with Crippen molar-refractivity contribution in [3.63, 3.8) is 0 Å². The van der Waals surface area contributed by atoms with Crippen molar-refractivity contribution < 1.29 is 14.7 Å². The van der Waals surface area contributed by atoms with Gasteiger partial charge in [-0.3, -0.25) is 14.6 Å². The van der Waals surface area contributed by atoms with Crippen LogP contribution in [0.3, 0.4) is 0 Å². The van der Waals surface area contributed by atoms with E-state index in [1.54, 1.807) is 41.9 Å². The lowest BCUT2D eigenvalue weighted by molar-refractivity contribution is -0.130. The Labute approximate surface area is 157 Å². The molecular formula is C19H14N2O3S2. The summed E-state index contributed by atoms with van der Waals surface area (Å²) in [5, 5.41) is 14.2. The summed E-state index contributed by atoms with van der Waals surface area (Å²) in [5.41, 5.74) is 0.647. The van der Waals surface area contributed by atoms with Crippen LogP contribution < -0.4 is 0 Å². The number of hydrogen-bond donors (Lipinski definition) is 1. The van der Waals surface area contributed by atoms with Crippen LogP contribution in [0.15, 0.2) is 70.8 Å². The van der Waals surface area contributed by atoms with E-state index < -0.39 is 17.7 Å². The summed E-state index contributed by atoms with van der Waals surface area (Å²) in [6.45, 7) is 0.309. The largest absolute Gasteiger partial charge is 0.503 e. The third-order valence-corrected chi connectivity index (χ3v) is 5.90. The fourth-order valence-electron chi connectivity index (χ4n) is 3.00. The minimum Gasteiger partial charge on any atom is -0.503 e. The maximum Gasteiger partial charge on any atom is 0.290 e. The molecule has 1 aliphatic rings. The number of amides is 1. The molecule has 26 heavy (non-hydrogen) atoms. The second kappa shape index (κ2) is 6.86. The third-order valence-electron chi connectivity index (χ3n) is 4.17. The Kier molecular flexibility index (Phi) is 4.40. The van der Waals surface area contributed by atoms with Gasteiger partial charge in [-0.15, -0.1) is 22.7 Å². The predicted octanol–water partition coefficient (Wildman–Crippen LogP) is 3.98. The molecule has 1 amide bonds. The average Bonchev–Trinajstić information content (AvgIpc) is 3.40. The van der Waals surface area contributed by atoms with E-state index in [0.717, 1.165) is 4.88 Å². The Morgan fingerprint density at radius 1 is 1.12 bits per heavy atom. The molecule has 7 heteroatoms. The van der Waals surface area contributed by atoms with Crippen molar-refractivity contribution in [2.45, 2.75) is 12.6 Å². The number of thiophene rings is 2. The van der Waals surface area contributed by atoms with Crippen LogP contribution in [0.4, 0.5) is 0 Å². The molecule has 5 nitrogen and oxygen atoms in total. The number of carbonyl (C=O) groups excluding carboxylic acids is 2. The summed E-state index contributed by atoms with van der Waals surface area (Å²) in [5.74, 6) is -1.38. The Hall–Kier alpha value is -2.77. The van der Waals surface area contributed by atoms with E-state index in [9.17, 15) is 14.7 Å². The summed E-state index contributed by atoms with van der Waals surface area (Å²) in [7, 11) is 0. The van der Waals surface area contributed by atoms with Crippen LogP contribution in [0.1, 0.15) is 26.3 Å². The van der Waals surface area contributed by atoms with Crippen molar-refractivity contribution in [1.82, 2.24) is 9.88 Å². The number of Topliss-reactive ketones (excluding diaryl/α,β-unsaturated/α-hetero) is 1. The fraction of sp³-hybridized carbons (Fsp3) is 0.105. The van der Waals surface area contributed by atoms with Crippen LogP contribution in [-0.2, 0) is 11.3 Å². The zero-order chi connectivity index (χ0) is 18.1. The van der Waals surface area contributed by atoms with E-state index >= 15 is 0 Å². The molecule has 4 heterocycles. The van der Waals surface area contributed by atoms with Gasteiger partial charge in [0.2, 0.25) is 5.78 Å². The summed E-state index contributed by atoms with van der Waals surface area (Å²) in [6, 6.07) is 11.9. The van der Waals surface area contributed by atoms with Gasteiger partial charge in [0.1, 0.15) is 6.04 Å². The molecule has 130 valence electrons. The minimum absolute atomic E-state index is 0.0905. The average molecular weight is 382 g/mol. The molecule has 3 aromatic rings. The zero-order valence-corrected chi connectivity index (χ0v) is 15.2. The molecule has 0 spiro atoms. The van der Waals surface area contributed by atoms with Crippen LogP contribution in [0.5, 0.6) is 0 Å². The second-order valence-corrected chi connectivity index (χ2v) is 7.72. The molecule has 0 saturated carbocycles. The molecule has 1 N–H and O–H groups in total. The molecular weight excluding hydrogens is 368 g/mol. The molecule has 1 unspecified atom stereocenters. The lowest BCUT2D eigenvalue weighted by atomic mass is 9.99. The summed E-state index contributed by atoms with van der Waals surface area (Å²) in [6.07, 6.45) is 1.62. The predicted molar refractivity (Wildman–Crippen MR) is 100 cm³/mol. The van der Waals surface area contributed by atoms with Crippen LogP contribution in [0, 0.1) is 0 Å². The first-order valence-corrected chi connectivity index (χ1v) is 9.68. The number of rotatable bonds is 5. The highest BCUT2D eigenvalue weighted by Gasteiger charge is 2.44. The summed E-state index contributed by atoms with van der Waals surface area (Å²) in [4.78, 5) is 33.0. The first-order valence-electron chi connectivity index (χ1n) is 7.92. The Morgan fingerprint density at radius 2 is 1.92 bits per heavy atom. The minimum atomic E-state index is -0.708. The van der Waals surface area contributed by atoms with Gasteiger partial charge in [0.25, 0.3) is 5.91 Å². The van der Waals surface area contributed by atoms with Crippen molar-refractivity contribution in [2.24, 2.45) is 0 Å². The first-order chi connectivity index (χ1) is 12.7. The highest BCUT2D eigenvalue weighted by Crippen LogP contribution is 2.39. The van der Waals surface area contributed by atoms with E-state index in [4.69, 9.17) is 0 Å². The van der Waals surface area contributed by atoms with E-state index in [1.807, 2.05) is 17.5 Å². The number of aliphatic hydroxyl groups is 1. The molecule has 0 saturated heterocycles. The van der Waals surface area contributed by atoms with Crippen molar-refractivity contribution in [2.75, 3.05) is 0 Å². The van der Waals surface area contributed by atoms with Crippen molar-refractivity contribution in [3.8, 4) is 0 Å². The number of hydrogen-bond acceptors (Lipinski definition) is 6. The SMILES string of the molecule is O=C(C1=C(O)C(=O)N(Cc2cccs2)C1c1ccccn1)c1cccs1. The Balaban J connectivity index is 1.80. The maximum absolute atomic E-state index is 13.0. The van der Waals surface area contributed by atoms with E-state index in [1.165, 1.54) is 27.6 Å². The van der Waals surface area contributed by atoms with Gasteiger partial charge in [0.15, 0.2) is 5.76 Å². The molecule has 0 aliphatic carbocycles. The number of ketones is 1. The van der Waals surface area contributed by atoms with Crippen molar-refractivity contribution >= 4 is 34.4 Å². The number of aliphatic hydroxyl groups excluding tert-OH is 1. The molecule has 0 aromatic carbocycles.